The zero-order chi connectivity index (χ0) is 18.4. The Morgan fingerprint density at radius 3 is 2.85 bits per heavy atom. The number of carbonyl (C=O) groups excluding carboxylic acids is 1. The minimum atomic E-state index is -0.115. The van der Waals surface area contributed by atoms with E-state index in [1.54, 1.807) is 24.7 Å². The predicted molar refractivity (Wildman–Crippen MR) is 105 cm³/mol. The molecule has 134 valence electrons. The van der Waals surface area contributed by atoms with Gasteiger partial charge in [-0.3, -0.25) is 14.8 Å². The number of hydrogen-bond donors (Lipinski definition) is 2. The molecule has 26 heavy (non-hydrogen) atoms. The number of amides is 1. The molecule has 0 aliphatic carbocycles. The highest BCUT2D eigenvalue weighted by molar-refractivity contribution is 5.96. The van der Waals surface area contributed by atoms with E-state index in [2.05, 4.69) is 25.5 Å². The molecule has 0 saturated carbocycles. The molecule has 1 aromatic carbocycles. The van der Waals surface area contributed by atoms with E-state index in [0.29, 0.717) is 12.1 Å². The van der Waals surface area contributed by atoms with Gasteiger partial charge in [0.15, 0.2) is 0 Å². The van der Waals surface area contributed by atoms with Gasteiger partial charge in [-0.1, -0.05) is 18.2 Å². The molecule has 0 bridgehead atoms. The topological polar surface area (TPSA) is 70.2 Å². The monoisotopic (exact) mass is 349 g/mol. The van der Waals surface area contributed by atoms with Crippen LogP contribution in [0, 0.1) is 0 Å². The number of nitrogens with one attached hydrogen (secondary N) is 2. The molecule has 3 aromatic rings. The van der Waals surface area contributed by atoms with Crippen LogP contribution in [0.25, 0.3) is 10.9 Å². The predicted octanol–water partition coefficient (Wildman–Crippen LogP) is 3.05. The van der Waals surface area contributed by atoms with Crippen molar-refractivity contribution in [3.63, 3.8) is 0 Å². The Hall–Kier alpha value is -2.99. The summed E-state index contributed by atoms with van der Waals surface area (Å²) >= 11 is 0. The lowest BCUT2D eigenvalue weighted by Gasteiger charge is -2.11. The molecule has 0 unspecified atom stereocenters. The smallest absolute Gasteiger partial charge is 0.252 e. The Labute approximate surface area is 153 Å². The molecule has 6 heteroatoms. The first-order chi connectivity index (χ1) is 12.6. The highest BCUT2D eigenvalue weighted by Crippen LogP contribution is 2.24. The van der Waals surface area contributed by atoms with E-state index in [1.165, 1.54) is 0 Å². The highest BCUT2D eigenvalue weighted by Gasteiger charge is 2.08. The van der Waals surface area contributed by atoms with E-state index in [1.807, 2.05) is 44.4 Å². The van der Waals surface area contributed by atoms with E-state index in [0.717, 1.165) is 35.2 Å². The van der Waals surface area contributed by atoms with Crippen molar-refractivity contribution in [2.24, 2.45) is 0 Å². The second kappa shape index (κ2) is 8.40. The summed E-state index contributed by atoms with van der Waals surface area (Å²) in [5.74, 6) is -0.115. The second-order valence-electron chi connectivity index (χ2n) is 6.38. The Morgan fingerprint density at radius 1 is 1.15 bits per heavy atom. The van der Waals surface area contributed by atoms with E-state index in [-0.39, 0.29) is 5.91 Å². The molecule has 6 nitrogen and oxygen atoms in total. The molecule has 1 amide bonds. The van der Waals surface area contributed by atoms with E-state index in [9.17, 15) is 4.79 Å². The van der Waals surface area contributed by atoms with Crippen LogP contribution in [-0.2, 0) is 0 Å². The van der Waals surface area contributed by atoms with Crippen molar-refractivity contribution in [2.75, 3.05) is 32.5 Å². The summed E-state index contributed by atoms with van der Waals surface area (Å²) in [6, 6.07) is 11.7. The first-order valence-electron chi connectivity index (χ1n) is 8.62. The molecular weight excluding hydrogens is 326 g/mol. The van der Waals surface area contributed by atoms with Gasteiger partial charge in [-0.15, -0.1) is 0 Å². The average molecular weight is 349 g/mol. The molecule has 0 radical (unpaired) electrons. The number of pyridine rings is 2. The van der Waals surface area contributed by atoms with Crippen LogP contribution in [0.4, 0.5) is 11.4 Å². The van der Waals surface area contributed by atoms with Gasteiger partial charge in [0.1, 0.15) is 0 Å². The lowest BCUT2D eigenvalue weighted by atomic mass is 10.2. The van der Waals surface area contributed by atoms with E-state index in [4.69, 9.17) is 0 Å². The lowest BCUT2D eigenvalue weighted by Crippen LogP contribution is -2.27. The van der Waals surface area contributed by atoms with E-state index < -0.39 is 0 Å². The van der Waals surface area contributed by atoms with Crippen LogP contribution >= 0.6 is 0 Å². The fourth-order valence-corrected chi connectivity index (χ4v) is 2.69. The van der Waals surface area contributed by atoms with Crippen LogP contribution in [0.5, 0.6) is 0 Å². The van der Waals surface area contributed by atoms with Crippen LogP contribution in [0.2, 0.25) is 0 Å². The van der Waals surface area contributed by atoms with Gasteiger partial charge in [-0.05, 0) is 45.3 Å². The van der Waals surface area contributed by atoms with Crippen LogP contribution in [0.3, 0.4) is 0 Å². The van der Waals surface area contributed by atoms with Gasteiger partial charge in [0.05, 0.1) is 28.7 Å². The molecule has 0 aliphatic heterocycles. The molecule has 2 aromatic heterocycles. The molecule has 0 saturated heterocycles. The number of nitrogens with zero attached hydrogens (tertiary/aromatic N) is 3. The van der Waals surface area contributed by atoms with Gasteiger partial charge >= 0.3 is 0 Å². The minimum absolute atomic E-state index is 0.115. The highest BCUT2D eigenvalue weighted by atomic mass is 16.1. The summed E-state index contributed by atoms with van der Waals surface area (Å²) in [6.07, 6.45) is 5.95. The normalized spacial score (nSPS) is 10.9. The number of benzene rings is 1. The third-order valence-electron chi connectivity index (χ3n) is 3.98. The third kappa shape index (κ3) is 4.55. The fraction of sp³-hybridized carbons (Fsp3) is 0.250. The summed E-state index contributed by atoms with van der Waals surface area (Å²) in [4.78, 5) is 23.0. The Balaban J connectivity index is 1.70. The van der Waals surface area contributed by atoms with E-state index >= 15 is 0 Å². The molecule has 2 N–H and O–H groups in total. The van der Waals surface area contributed by atoms with Crippen molar-refractivity contribution in [3.8, 4) is 0 Å². The Morgan fingerprint density at radius 2 is 2.00 bits per heavy atom. The molecule has 0 aliphatic rings. The lowest BCUT2D eigenvalue weighted by molar-refractivity contribution is 0.0952. The maximum atomic E-state index is 12.3. The summed E-state index contributed by atoms with van der Waals surface area (Å²) in [7, 11) is 4.03. The molecule has 0 fully saturated rings. The number of carbonyl (C=O) groups is 1. The first-order valence-corrected chi connectivity index (χ1v) is 8.62. The number of aromatic nitrogens is 2. The second-order valence-corrected chi connectivity index (χ2v) is 6.38. The van der Waals surface area contributed by atoms with Crippen molar-refractivity contribution < 1.29 is 4.79 Å². The first kappa shape index (κ1) is 17.8. The summed E-state index contributed by atoms with van der Waals surface area (Å²) in [6.45, 7) is 1.58. The third-order valence-corrected chi connectivity index (χ3v) is 3.98. The summed E-state index contributed by atoms with van der Waals surface area (Å²) < 4.78 is 0. The van der Waals surface area contributed by atoms with Crippen LogP contribution < -0.4 is 10.6 Å². The standard InChI is InChI=1S/C20H23N5O/c1-25(2)11-5-10-23-20(26)16-12-17(14-21-13-16)24-18-8-3-6-15-7-4-9-22-19(15)18/h3-4,6-9,12-14,24H,5,10-11H2,1-2H3,(H,23,26). The minimum Gasteiger partial charge on any atom is -0.352 e. The van der Waals surface area contributed by atoms with Crippen molar-refractivity contribution in [1.29, 1.82) is 0 Å². The number of hydrogen-bond acceptors (Lipinski definition) is 5. The molecule has 0 spiro atoms. The van der Waals surface area contributed by atoms with Crippen LogP contribution in [0.15, 0.2) is 55.0 Å². The van der Waals surface area contributed by atoms with Gasteiger partial charge < -0.3 is 15.5 Å². The van der Waals surface area contributed by atoms with Gasteiger partial charge in [0, 0.05) is 24.3 Å². The number of anilines is 2. The molecular formula is C20H23N5O. The zero-order valence-corrected chi connectivity index (χ0v) is 15.1. The van der Waals surface area contributed by atoms with Gasteiger partial charge in [0.2, 0.25) is 0 Å². The SMILES string of the molecule is CN(C)CCCNC(=O)c1cncc(Nc2cccc3cccnc23)c1. The van der Waals surface area contributed by atoms with Gasteiger partial charge in [-0.2, -0.15) is 0 Å². The van der Waals surface area contributed by atoms with Crippen molar-refractivity contribution in [3.05, 3.63) is 60.6 Å². The van der Waals surface area contributed by atoms with Crippen LogP contribution in [-0.4, -0.2) is 48.0 Å². The number of rotatable bonds is 7. The van der Waals surface area contributed by atoms with Crippen molar-refractivity contribution in [2.45, 2.75) is 6.42 Å². The zero-order valence-electron chi connectivity index (χ0n) is 15.1. The summed E-state index contributed by atoms with van der Waals surface area (Å²) in [5, 5.41) is 7.30. The molecule has 3 rings (SSSR count). The average Bonchev–Trinajstić information content (AvgIpc) is 2.65. The molecule has 0 atom stereocenters. The molecule has 2 heterocycles. The van der Waals surface area contributed by atoms with Crippen LogP contribution in [0.1, 0.15) is 16.8 Å². The number of para-hydroxylation sites is 1. The quantitative estimate of drug-likeness (QED) is 0.642. The van der Waals surface area contributed by atoms with Crippen molar-refractivity contribution in [1.82, 2.24) is 20.2 Å². The van der Waals surface area contributed by atoms with Crippen molar-refractivity contribution >= 4 is 28.2 Å². The van der Waals surface area contributed by atoms with Gasteiger partial charge in [0.25, 0.3) is 5.91 Å². The maximum Gasteiger partial charge on any atom is 0.252 e. The number of fused-ring (bicyclic) bond motifs is 1. The van der Waals surface area contributed by atoms with Gasteiger partial charge in [-0.25, -0.2) is 0 Å². The Bertz CT molecular complexity index is 889. The largest absolute Gasteiger partial charge is 0.352 e. The summed E-state index contributed by atoms with van der Waals surface area (Å²) in [5.41, 5.74) is 3.05. The Kier molecular flexibility index (Phi) is 5.76. The fourth-order valence-electron chi connectivity index (χ4n) is 2.69. The maximum absolute atomic E-state index is 12.3.